The quantitative estimate of drug-likeness (QED) is 0.403. The molecule has 0 bridgehead atoms. The van der Waals surface area contributed by atoms with Crippen LogP contribution in [0, 0.1) is 0 Å². The van der Waals surface area contributed by atoms with Crippen molar-refractivity contribution in [3.63, 3.8) is 0 Å². The van der Waals surface area contributed by atoms with E-state index in [0.29, 0.717) is 13.2 Å². The molecule has 1 aromatic carbocycles. The van der Waals surface area contributed by atoms with Crippen LogP contribution in [0.15, 0.2) is 34.7 Å². The fourth-order valence-corrected chi connectivity index (χ4v) is 12.4. The first kappa shape index (κ1) is 20.6. The van der Waals surface area contributed by atoms with Crippen LogP contribution in [0.5, 0.6) is 0 Å². The second-order valence-corrected chi connectivity index (χ2v) is 19.6. The van der Waals surface area contributed by atoms with E-state index in [1.165, 1.54) is 0 Å². The molecule has 0 fully saturated rings. The van der Waals surface area contributed by atoms with Gasteiger partial charge < -0.3 is 13.4 Å². The van der Waals surface area contributed by atoms with Crippen LogP contribution in [0.2, 0.25) is 39.3 Å². The van der Waals surface area contributed by atoms with Crippen LogP contribution < -0.4 is 4.34 Å². The van der Waals surface area contributed by atoms with Gasteiger partial charge in [-0.3, -0.25) is 4.41 Å². The molecule has 0 amide bonds. The molecule has 0 aliphatic heterocycles. The number of hydrogen-bond acceptors (Lipinski definition) is 3. The Labute approximate surface area is 144 Å². The van der Waals surface area contributed by atoms with Gasteiger partial charge in [0.2, 0.25) is 0 Å². The lowest BCUT2D eigenvalue weighted by atomic mass is 10.3. The highest BCUT2D eigenvalue weighted by Gasteiger charge is 2.40. The van der Waals surface area contributed by atoms with Gasteiger partial charge in [0.1, 0.15) is 0 Å². The summed E-state index contributed by atoms with van der Waals surface area (Å²) in [6.07, 6.45) is 0. The van der Waals surface area contributed by atoms with Crippen molar-refractivity contribution in [1.82, 2.24) is 0 Å². The van der Waals surface area contributed by atoms with Gasteiger partial charge in [-0.15, -0.1) is 0 Å². The Balaban J connectivity index is 3.65. The fraction of sp³-hybridized carbons (Fsp3) is 0.625. The first-order valence-corrected chi connectivity index (χ1v) is 16.8. The Kier molecular flexibility index (Phi) is 7.29. The van der Waals surface area contributed by atoms with Gasteiger partial charge in [-0.1, -0.05) is 37.8 Å². The molecule has 1 rings (SSSR count). The zero-order valence-corrected chi connectivity index (χ0v) is 18.9. The van der Waals surface area contributed by atoms with Crippen molar-refractivity contribution in [3.05, 3.63) is 30.3 Å². The molecule has 0 aliphatic carbocycles. The number of nitrogens with zero attached hydrogens (tertiary/aromatic N) is 2. The summed E-state index contributed by atoms with van der Waals surface area (Å²) in [6.45, 7) is 19.0. The molecular weight excluding hydrogens is 339 g/mol. The second kappa shape index (κ2) is 8.12. The number of anilines is 1. The Bertz CT molecular complexity index is 529. The van der Waals surface area contributed by atoms with Crippen LogP contribution in [-0.4, -0.2) is 29.7 Å². The predicted octanol–water partition coefficient (Wildman–Crippen LogP) is 6.18. The van der Waals surface area contributed by atoms with Crippen LogP contribution in [0.3, 0.4) is 0 Å². The largest absolute Gasteiger partial charge is 0.325 e. The monoisotopic (exact) mass is 372 g/mol. The first-order valence-electron chi connectivity index (χ1n) is 8.34. The SMILES string of the molecule is CCOP(=N[Si](C)(C)C)(OCC)N(c1ccccc1)[Si](C)(C)C. The highest BCUT2D eigenvalue weighted by atomic mass is 31.2. The van der Waals surface area contributed by atoms with Gasteiger partial charge in [-0.25, -0.2) is 0 Å². The molecule has 0 N–H and O–H groups in total. The minimum absolute atomic E-state index is 0.607. The van der Waals surface area contributed by atoms with E-state index in [0.717, 1.165) is 5.69 Å². The third-order valence-electron chi connectivity index (χ3n) is 2.91. The van der Waals surface area contributed by atoms with Crippen LogP contribution in [0.4, 0.5) is 5.69 Å². The van der Waals surface area contributed by atoms with Gasteiger partial charge in [0.25, 0.3) is 7.66 Å². The van der Waals surface area contributed by atoms with E-state index in [4.69, 9.17) is 13.5 Å². The molecule has 0 aliphatic rings. The van der Waals surface area contributed by atoms with Gasteiger partial charge in [0, 0.05) is 5.69 Å². The van der Waals surface area contributed by atoms with Crippen molar-refractivity contribution in [2.75, 3.05) is 17.5 Å². The van der Waals surface area contributed by atoms with Crippen molar-refractivity contribution in [1.29, 1.82) is 0 Å². The molecule has 0 saturated heterocycles. The Morgan fingerprint density at radius 2 is 1.39 bits per heavy atom. The van der Waals surface area contributed by atoms with E-state index in [2.05, 4.69) is 67.9 Å². The third kappa shape index (κ3) is 5.87. The maximum Gasteiger partial charge on any atom is 0.299 e. The molecule has 0 radical (unpaired) electrons. The molecule has 23 heavy (non-hydrogen) atoms. The number of hydrogen-bond donors (Lipinski definition) is 0. The second-order valence-electron chi connectivity index (χ2n) is 7.42. The molecule has 0 saturated carbocycles. The van der Waals surface area contributed by atoms with Crippen LogP contribution in [-0.2, 0) is 9.05 Å². The smallest absolute Gasteiger partial charge is 0.299 e. The lowest BCUT2D eigenvalue weighted by Crippen LogP contribution is -2.45. The zero-order valence-electron chi connectivity index (χ0n) is 16.0. The molecule has 4 nitrogen and oxygen atoms in total. The molecule has 0 aromatic heterocycles. The highest BCUT2D eigenvalue weighted by Crippen LogP contribution is 2.60. The normalized spacial score (nSPS) is 13.0. The number of para-hydroxylation sites is 1. The van der Waals surface area contributed by atoms with E-state index in [-0.39, 0.29) is 0 Å². The molecule has 0 atom stereocenters. The molecular formula is C16H33N2O2PSi2. The zero-order chi connectivity index (χ0) is 17.7. The summed E-state index contributed by atoms with van der Waals surface area (Å²) in [5.41, 5.74) is 1.16. The maximum atomic E-state index is 6.31. The van der Waals surface area contributed by atoms with Crippen LogP contribution in [0.1, 0.15) is 13.8 Å². The first-order chi connectivity index (χ1) is 10.6. The molecule has 7 heteroatoms. The average Bonchev–Trinajstić information content (AvgIpc) is 2.36. The summed E-state index contributed by atoms with van der Waals surface area (Å²) in [4.78, 5) is 0. The Morgan fingerprint density at radius 1 is 0.913 bits per heavy atom. The standard InChI is InChI=1S/C16H33N2O2PSi2/c1-9-19-21(20-10-2,17-22(3,4)5)18(23(6,7)8)16-14-12-11-13-15-16/h11-15H,9-10H2,1-8H3. The van der Waals surface area contributed by atoms with Crippen molar-refractivity contribution in [2.24, 2.45) is 4.41 Å². The molecule has 0 spiro atoms. The maximum absolute atomic E-state index is 6.31. The lowest BCUT2D eigenvalue weighted by Gasteiger charge is -2.45. The van der Waals surface area contributed by atoms with Crippen molar-refractivity contribution < 1.29 is 9.05 Å². The van der Waals surface area contributed by atoms with E-state index < -0.39 is 24.1 Å². The van der Waals surface area contributed by atoms with Crippen molar-refractivity contribution in [3.8, 4) is 0 Å². The van der Waals surface area contributed by atoms with Crippen molar-refractivity contribution in [2.45, 2.75) is 53.1 Å². The van der Waals surface area contributed by atoms with Gasteiger partial charge in [-0.2, -0.15) is 0 Å². The van der Waals surface area contributed by atoms with Gasteiger partial charge in [0.05, 0.1) is 13.2 Å². The predicted molar refractivity (Wildman–Crippen MR) is 108 cm³/mol. The van der Waals surface area contributed by atoms with Crippen molar-refractivity contribution >= 4 is 29.8 Å². The van der Waals surface area contributed by atoms with Gasteiger partial charge in [0.15, 0.2) is 16.5 Å². The lowest BCUT2D eigenvalue weighted by molar-refractivity contribution is 0.260. The van der Waals surface area contributed by atoms with Crippen LogP contribution in [0.25, 0.3) is 0 Å². The Morgan fingerprint density at radius 3 is 1.74 bits per heavy atom. The molecule has 0 unspecified atom stereocenters. The van der Waals surface area contributed by atoms with E-state index in [1.807, 2.05) is 19.9 Å². The molecule has 132 valence electrons. The van der Waals surface area contributed by atoms with Crippen LogP contribution >= 0.6 is 7.66 Å². The minimum atomic E-state index is -2.49. The molecule has 1 aromatic rings. The van der Waals surface area contributed by atoms with E-state index in [9.17, 15) is 0 Å². The summed E-state index contributed by atoms with van der Waals surface area (Å²) in [7, 11) is -6.00. The highest BCUT2D eigenvalue weighted by molar-refractivity contribution is 7.62. The topological polar surface area (TPSA) is 34.1 Å². The van der Waals surface area contributed by atoms with E-state index >= 15 is 0 Å². The summed E-state index contributed by atoms with van der Waals surface area (Å²) in [6, 6.07) is 10.5. The summed E-state index contributed by atoms with van der Waals surface area (Å²) >= 11 is 0. The average molecular weight is 373 g/mol. The van der Waals surface area contributed by atoms with Gasteiger partial charge >= 0.3 is 0 Å². The summed E-state index contributed by atoms with van der Waals surface area (Å²) in [5.74, 6) is 0. The molecule has 0 heterocycles. The minimum Gasteiger partial charge on any atom is -0.325 e. The third-order valence-corrected chi connectivity index (χ3v) is 12.3. The summed E-state index contributed by atoms with van der Waals surface area (Å²) in [5, 5.41) is 0. The Hall–Kier alpha value is -0.396. The van der Waals surface area contributed by atoms with E-state index in [1.54, 1.807) is 0 Å². The number of benzene rings is 1. The van der Waals surface area contributed by atoms with Gasteiger partial charge in [-0.05, 0) is 45.6 Å². The summed E-state index contributed by atoms with van der Waals surface area (Å²) < 4.78 is 20.3. The fourth-order valence-electron chi connectivity index (χ4n) is 2.45. The number of rotatable bonds is 8.